The highest BCUT2D eigenvalue weighted by atomic mass is 32.2. The number of nitrogen functional groups attached to an aromatic ring is 1. The smallest absolute Gasteiger partial charge is 0.240 e. The molecule has 0 aromatic heterocycles. The molecule has 0 amide bonds. The van der Waals surface area contributed by atoms with Crippen molar-refractivity contribution in [2.75, 3.05) is 12.3 Å². The molecule has 1 aliphatic rings. The predicted molar refractivity (Wildman–Crippen MR) is 82.0 cm³/mol. The Labute approximate surface area is 121 Å². The molecule has 1 aromatic rings. The first-order valence-corrected chi connectivity index (χ1v) is 8.53. The van der Waals surface area contributed by atoms with Crippen LogP contribution in [0.15, 0.2) is 17.0 Å². The Hall–Kier alpha value is -1.07. The normalized spacial score (nSPS) is 17.4. The van der Waals surface area contributed by atoms with Crippen LogP contribution in [0.4, 0.5) is 5.69 Å². The second-order valence-electron chi connectivity index (χ2n) is 6.30. The van der Waals surface area contributed by atoms with Gasteiger partial charge in [0.25, 0.3) is 0 Å². The van der Waals surface area contributed by atoms with Gasteiger partial charge in [-0.1, -0.05) is 13.8 Å². The Morgan fingerprint density at radius 2 is 1.90 bits per heavy atom. The van der Waals surface area contributed by atoms with Crippen LogP contribution >= 0.6 is 0 Å². The highest BCUT2D eigenvalue weighted by molar-refractivity contribution is 7.89. The van der Waals surface area contributed by atoms with E-state index in [1.54, 1.807) is 12.1 Å². The van der Waals surface area contributed by atoms with Crippen LogP contribution in [-0.4, -0.2) is 15.0 Å². The van der Waals surface area contributed by atoms with Gasteiger partial charge in [0.05, 0.1) is 4.90 Å². The van der Waals surface area contributed by atoms with Crippen LogP contribution in [0, 0.1) is 25.2 Å². The second-order valence-corrected chi connectivity index (χ2v) is 8.06. The number of nitrogens with one attached hydrogen (secondary N) is 1. The highest BCUT2D eigenvalue weighted by Gasteiger charge is 2.45. The van der Waals surface area contributed by atoms with Crippen molar-refractivity contribution < 1.29 is 8.42 Å². The zero-order valence-corrected chi connectivity index (χ0v) is 13.5. The number of sulfonamides is 1. The summed E-state index contributed by atoms with van der Waals surface area (Å²) in [5.74, 6) is 0.495. The van der Waals surface area contributed by atoms with Gasteiger partial charge in [0.2, 0.25) is 10.0 Å². The molecule has 3 N–H and O–H groups in total. The van der Waals surface area contributed by atoms with Gasteiger partial charge in [-0.3, -0.25) is 0 Å². The molecule has 20 heavy (non-hydrogen) atoms. The molecular formula is C15H24N2O2S. The maximum Gasteiger partial charge on any atom is 0.240 e. The zero-order chi connectivity index (χ0) is 15.1. The van der Waals surface area contributed by atoms with E-state index in [0.717, 1.165) is 24.0 Å². The van der Waals surface area contributed by atoms with Crippen LogP contribution in [0.2, 0.25) is 0 Å². The summed E-state index contributed by atoms with van der Waals surface area (Å²) in [7, 11) is -3.48. The van der Waals surface area contributed by atoms with E-state index in [9.17, 15) is 8.42 Å². The fraction of sp³-hybridized carbons (Fsp3) is 0.600. The van der Waals surface area contributed by atoms with Gasteiger partial charge in [0, 0.05) is 12.2 Å². The molecule has 0 saturated heterocycles. The van der Waals surface area contributed by atoms with Crippen molar-refractivity contribution in [3.8, 4) is 0 Å². The summed E-state index contributed by atoms with van der Waals surface area (Å²) in [5.41, 5.74) is 8.38. The topological polar surface area (TPSA) is 72.2 Å². The van der Waals surface area contributed by atoms with Crippen molar-refractivity contribution in [2.24, 2.45) is 11.3 Å². The zero-order valence-electron chi connectivity index (χ0n) is 12.7. The molecule has 0 heterocycles. The number of aryl methyl sites for hydroxylation is 1. The van der Waals surface area contributed by atoms with E-state index in [1.165, 1.54) is 0 Å². The summed E-state index contributed by atoms with van der Waals surface area (Å²) in [6.07, 6.45) is 2.20. The van der Waals surface area contributed by atoms with E-state index in [4.69, 9.17) is 5.73 Å². The minimum atomic E-state index is -3.48. The molecule has 5 heteroatoms. The first-order valence-electron chi connectivity index (χ1n) is 7.04. The number of hydrogen-bond acceptors (Lipinski definition) is 3. The number of hydrogen-bond donors (Lipinski definition) is 2. The third-order valence-electron chi connectivity index (χ3n) is 4.72. The third-order valence-corrected chi connectivity index (χ3v) is 6.10. The van der Waals surface area contributed by atoms with E-state index in [-0.39, 0.29) is 10.3 Å². The van der Waals surface area contributed by atoms with E-state index in [0.29, 0.717) is 18.2 Å². The van der Waals surface area contributed by atoms with E-state index in [1.807, 2.05) is 13.8 Å². The van der Waals surface area contributed by atoms with Crippen molar-refractivity contribution >= 4 is 15.7 Å². The van der Waals surface area contributed by atoms with E-state index >= 15 is 0 Å². The van der Waals surface area contributed by atoms with Gasteiger partial charge in [-0.05, 0) is 61.3 Å². The van der Waals surface area contributed by atoms with Crippen LogP contribution in [-0.2, 0) is 10.0 Å². The molecule has 1 aliphatic carbocycles. The second kappa shape index (κ2) is 5.04. The summed E-state index contributed by atoms with van der Waals surface area (Å²) in [6, 6.07) is 3.22. The van der Waals surface area contributed by atoms with Gasteiger partial charge in [-0.2, -0.15) is 0 Å². The van der Waals surface area contributed by atoms with Crippen molar-refractivity contribution in [1.82, 2.24) is 4.72 Å². The van der Waals surface area contributed by atoms with Crippen molar-refractivity contribution in [3.05, 3.63) is 23.3 Å². The molecular weight excluding hydrogens is 272 g/mol. The fourth-order valence-electron chi connectivity index (χ4n) is 2.45. The van der Waals surface area contributed by atoms with Gasteiger partial charge in [0.15, 0.2) is 0 Å². The molecule has 2 rings (SSSR count). The third kappa shape index (κ3) is 2.83. The summed E-state index contributed by atoms with van der Waals surface area (Å²) >= 11 is 0. The standard InChI is InChI=1S/C15H24N2O2S/c1-10(2)15(5-6-15)9-17-20(18,19)13-7-11(3)12(4)14(16)8-13/h7-8,10,17H,5-6,9,16H2,1-4H3. The van der Waals surface area contributed by atoms with Gasteiger partial charge in [-0.15, -0.1) is 0 Å². The Morgan fingerprint density at radius 3 is 2.35 bits per heavy atom. The van der Waals surface area contributed by atoms with Crippen molar-refractivity contribution in [1.29, 1.82) is 0 Å². The quantitative estimate of drug-likeness (QED) is 0.820. The molecule has 1 saturated carbocycles. The molecule has 112 valence electrons. The van der Waals surface area contributed by atoms with Gasteiger partial charge >= 0.3 is 0 Å². The van der Waals surface area contributed by atoms with Crippen molar-refractivity contribution in [2.45, 2.75) is 45.4 Å². The van der Waals surface area contributed by atoms with Gasteiger partial charge in [0.1, 0.15) is 0 Å². The number of benzene rings is 1. The molecule has 0 radical (unpaired) electrons. The lowest BCUT2D eigenvalue weighted by Crippen LogP contribution is -2.32. The summed E-state index contributed by atoms with van der Waals surface area (Å²) < 4.78 is 27.5. The minimum absolute atomic E-state index is 0.151. The Balaban J connectivity index is 2.19. The van der Waals surface area contributed by atoms with Crippen LogP contribution in [0.3, 0.4) is 0 Å². The van der Waals surface area contributed by atoms with Gasteiger partial charge in [-0.25, -0.2) is 13.1 Å². The average molecular weight is 296 g/mol. The molecule has 0 aliphatic heterocycles. The molecule has 0 unspecified atom stereocenters. The maximum atomic E-state index is 12.4. The summed E-state index contributed by atoms with van der Waals surface area (Å²) in [4.78, 5) is 0.262. The van der Waals surface area contributed by atoms with E-state index in [2.05, 4.69) is 18.6 Å². The number of nitrogens with two attached hydrogens (primary N) is 1. The highest BCUT2D eigenvalue weighted by Crippen LogP contribution is 2.51. The SMILES string of the molecule is Cc1cc(S(=O)(=O)NCC2(C(C)C)CC2)cc(N)c1C. The molecule has 1 aromatic carbocycles. The summed E-state index contributed by atoms with van der Waals surface area (Å²) in [6.45, 7) is 8.58. The van der Waals surface area contributed by atoms with Crippen LogP contribution in [0.25, 0.3) is 0 Å². The molecule has 0 atom stereocenters. The van der Waals surface area contributed by atoms with E-state index < -0.39 is 10.0 Å². The lowest BCUT2D eigenvalue weighted by Gasteiger charge is -2.20. The monoisotopic (exact) mass is 296 g/mol. The van der Waals surface area contributed by atoms with Crippen LogP contribution < -0.4 is 10.5 Å². The largest absolute Gasteiger partial charge is 0.398 e. The lowest BCUT2D eigenvalue weighted by atomic mass is 9.93. The first-order chi connectivity index (χ1) is 9.18. The maximum absolute atomic E-state index is 12.4. The average Bonchev–Trinajstić information content (AvgIpc) is 3.14. The van der Waals surface area contributed by atoms with Gasteiger partial charge < -0.3 is 5.73 Å². The lowest BCUT2D eigenvalue weighted by molar-refractivity contribution is 0.357. The molecule has 0 spiro atoms. The number of anilines is 1. The fourth-order valence-corrected chi connectivity index (χ4v) is 3.71. The molecule has 4 nitrogen and oxygen atoms in total. The minimum Gasteiger partial charge on any atom is -0.398 e. The molecule has 1 fully saturated rings. The Morgan fingerprint density at radius 1 is 1.30 bits per heavy atom. The van der Waals surface area contributed by atoms with Crippen LogP contribution in [0.5, 0.6) is 0 Å². The number of rotatable bonds is 5. The molecule has 0 bridgehead atoms. The van der Waals surface area contributed by atoms with Crippen molar-refractivity contribution in [3.63, 3.8) is 0 Å². The van der Waals surface area contributed by atoms with Crippen LogP contribution in [0.1, 0.15) is 37.8 Å². The Kier molecular flexibility index (Phi) is 3.86. The summed E-state index contributed by atoms with van der Waals surface area (Å²) in [5, 5.41) is 0. The first kappa shape index (κ1) is 15.3. The predicted octanol–water partition coefficient (Wildman–Crippen LogP) is 2.60. The Bertz CT molecular complexity index is 594.